The van der Waals surface area contributed by atoms with Crippen molar-refractivity contribution in [2.24, 2.45) is 0 Å². The molecule has 1 rings (SSSR count). The van der Waals surface area contributed by atoms with Crippen LogP contribution in [0.1, 0.15) is 5.56 Å². The first kappa shape index (κ1) is 18.7. The highest BCUT2D eigenvalue weighted by Gasteiger charge is 2.36. The lowest BCUT2D eigenvalue weighted by Gasteiger charge is -2.24. The molecule has 0 aliphatic carbocycles. The van der Waals surface area contributed by atoms with Crippen LogP contribution in [0, 0.1) is 6.92 Å². The van der Waals surface area contributed by atoms with Gasteiger partial charge in [0.15, 0.2) is 11.9 Å². The highest BCUT2D eigenvalue weighted by molar-refractivity contribution is 7.86. The van der Waals surface area contributed by atoms with Crippen LogP contribution >= 0.6 is 0 Å². The lowest BCUT2D eigenvalue weighted by Crippen LogP contribution is -2.47. The van der Waals surface area contributed by atoms with Crippen LogP contribution in [-0.2, 0) is 19.1 Å². The molecule has 22 heavy (non-hydrogen) atoms. The lowest BCUT2D eigenvalue weighted by atomic mass is 10.1. The molecule has 1 aromatic carbocycles. The predicted octanol–water partition coefficient (Wildman–Crippen LogP) is -1.66. The molecule has 0 heterocycles. The predicted molar refractivity (Wildman–Crippen MR) is 74.4 cm³/mol. The lowest BCUT2D eigenvalue weighted by molar-refractivity contribution is -0.139. The maximum absolute atomic E-state index is 12.1. The third-order valence-corrected chi connectivity index (χ3v) is 4.21. The SMILES string of the molecule is Cc1ccc(S(=O)(=O)O[C@H](C(=O)CO)[C@H](O)[C@H](O)CO)cc1. The monoisotopic (exact) mass is 334 g/mol. The van der Waals surface area contributed by atoms with E-state index in [0.717, 1.165) is 5.56 Å². The number of aryl methyl sites for hydroxylation is 1. The first-order valence-electron chi connectivity index (χ1n) is 6.33. The molecule has 124 valence electrons. The first-order valence-corrected chi connectivity index (χ1v) is 7.74. The zero-order valence-electron chi connectivity index (χ0n) is 11.8. The van der Waals surface area contributed by atoms with Crippen molar-refractivity contribution < 1.29 is 37.8 Å². The summed E-state index contributed by atoms with van der Waals surface area (Å²) in [6.07, 6.45) is -5.84. The third-order valence-electron chi connectivity index (χ3n) is 2.90. The summed E-state index contributed by atoms with van der Waals surface area (Å²) in [7, 11) is -4.40. The number of benzene rings is 1. The van der Waals surface area contributed by atoms with Crippen LogP contribution in [-0.4, -0.2) is 66.2 Å². The van der Waals surface area contributed by atoms with Crippen LogP contribution in [0.4, 0.5) is 0 Å². The second-order valence-corrected chi connectivity index (χ2v) is 6.22. The Labute approximate surface area is 127 Å². The number of hydrogen-bond donors (Lipinski definition) is 4. The summed E-state index contributed by atoms with van der Waals surface area (Å²) >= 11 is 0. The zero-order chi connectivity index (χ0) is 16.9. The molecule has 8 nitrogen and oxygen atoms in total. The fourth-order valence-electron chi connectivity index (χ4n) is 1.60. The molecule has 0 saturated heterocycles. The number of Topliss-reactive ketones (excluding diaryl/α,β-unsaturated/α-hetero) is 1. The van der Waals surface area contributed by atoms with E-state index < -0.39 is 47.4 Å². The quantitative estimate of drug-likeness (QED) is 0.414. The first-order chi connectivity index (χ1) is 10.2. The molecule has 0 spiro atoms. The van der Waals surface area contributed by atoms with E-state index in [0.29, 0.717) is 0 Å². The topological polar surface area (TPSA) is 141 Å². The summed E-state index contributed by atoms with van der Waals surface area (Å²) in [5, 5.41) is 36.6. The van der Waals surface area contributed by atoms with E-state index in [4.69, 9.17) is 10.2 Å². The highest BCUT2D eigenvalue weighted by atomic mass is 32.2. The molecule has 0 fully saturated rings. The molecule has 0 aliphatic rings. The van der Waals surface area contributed by atoms with Crippen LogP contribution in [0.15, 0.2) is 29.2 Å². The van der Waals surface area contributed by atoms with Crippen LogP contribution < -0.4 is 0 Å². The van der Waals surface area contributed by atoms with Gasteiger partial charge in [0, 0.05) is 0 Å². The van der Waals surface area contributed by atoms with Gasteiger partial charge in [-0.3, -0.25) is 8.98 Å². The minimum absolute atomic E-state index is 0.250. The molecular weight excluding hydrogens is 316 g/mol. The van der Waals surface area contributed by atoms with Crippen molar-refractivity contribution >= 4 is 15.9 Å². The van der Waals surface area contributed by atoms with E-state index in [2.05, 4.69) is 4.18 Å². The van der Waals surface area contributed by atoms with E-state index in [9.17, 15) is 23.4 Å². The summed E-state index contributed by atoms with van der Waals surface area (Å²) in [4.78, 5) is 11.3. The van der Waals surface area contributed by atoms with Gasteiger partial charge in [-0.2, -0.15) is 8.42 Å². The van der Waals surface area contributed by atoms with Gasteiger partial charge in [0.25, 0.3) is 10.1 Å². The molecule has 3 atom stereocenters. The van der Waals surface area contributed by atoms with Crippen LogP contribution in [0.25, 0.3) is 0 Å². The summed E-state index contributed by atoms with van der Waals surface area (Å²) in [5.74, 6) is -1.14. The highest BCUT2D eigenvalue weighted by Crippen LogP contribution is 2.18. The van der Waals surface area contributed by atoms with Crippen molar-refractivity contribution in [3.05, 3.63) is 29.8 Å². The number of aliphatic hydroxyl groups excluding tert-OH is 4. The molecule has 4 N–H and O–H groups in total. The standard InChI is InChI=1S/C13H18O8S/c1-8-2-4-9(5-3-8)22(19,20)21-13(11(17)7-15)12(18)10(16)6-14/h2-5,10,12-16,18H,6-7H2,1H3/t10-,12-,13-/m1/s1. The number of hydrogen-bond acceptors (Lipinski definition) is 8. The van der Waals surface area contributed by atoms with Gasteiger partial charge >= 0.3 is 0 Å². The van der Waals surface area contributed by atoms with Gasteiger partial charge in [0.2, 0.25) is 0 Å². The van der Waals surface area contributed by atoms with Crippen molar-refractivity contribution in [1.29, 1.82) is 0 Å². The molecule has 0 unspecified atom stereocenters. The Balaban J connectivity index is 3.07. The van der Waals surface area contributed by atoms with E-state index in [1.807, 2.05) is 0 Å². The largest absolute Gasteiger partial charge is 0.394 e. The fraction of sp³-hybridized carbons (Fsp3) is 0.462. The van der Waals surface area contributed by atoms with Crippen molar-refractivity contribution in [2.45, 2.75) is 30.1 Å². The number of aliphatic hydroxyl groups is 4. The Morgan fingerprint density at radius 1 is 1.18 bits per heavy atom. The smallest absolute Gasteiger partial charge is 0.297 e. The molecule has 0 saturated carbocycles. The Kier molecular flexibility index (Phi) is 6.60. The Morgan fingerprint density at radius 2 is 1.73 bits per heavy atom. The van der Waals surface area contributed by atoms with Crippen LogP contribution in [0.5, 0.6) is 0 Å². The summed E-state index contributed by atoms with van der Waals surface area (Å²) < 4.78 is 28.8. The Bertz CT molecular complexity index is 595. The van der Waals surface area contributed by atoms with Gasteiger partial charge < -0.3 is 20.4 Å². The van der Waals surface area contributed by atoms with E-state index in [-0.39, 0.29) is 4.90 Å². The van der Waals surface area contributed by atoms with E-state index in [1.54, 1.807) is 6.92 Å². The second kappa shape index (κ2) is 7.77. The van der Waals surface area contributed by atoms with Gasteiger partial charge in [-0.1, -0.05) is 17.7 Å². The number of carbonyl (C=O) groups is 1. The molecule has 9 heteroatoms. The molecule has 0 amide bonds. The molecule has 0 aliphatic heterocycles. The Hall–Kier alpha value is -1.36. The maximum atomic E-state index is 12.1. The average molecular weight is 334 g/mol. The van der Waals surface area contributed by atoms with E-state index >= 15 is 0 Å². The van der Waals surface area contributed by atoms with Crippen molar-refractivity contribution in [3.8, 4) is 0 Å². The van der Waals surface area contributed by atoms with Gasteiger partial charge in [-0.15, -0.1) is 0 Å². The minimum atomic E-state index is -4.40. The molecular formula is C13H18O8S. The van der Waals surface area contributed by atoms with Crippen LogP contribution in [0.2, 0.25) is 0 Å². The van der Waals surface area contributed by atoms with Crippen molar-refractivity contribution in [3.63, 3.8) is 0 Å². The normalized spacial score (nSPS) is 16.0. The third kappa shape index (κ3) is 4.57. The minimum Gasteiger partial charge on any atom is -0.394 e. The van der Waals surface area contributed by atoms with Gasteiger partial charge in [0.1, 0.15) is 18.8 Å². The maximum Gasteiger partial charge on any atom is 0.297 e. The zero-order valence-corrected chi connectivity index (χ0v) is 12.6. The van der Waals surface area contributed by atoms with Gasteiger partial charge in [0.05, 0.1) is 11.5 Å². The average Bonchev–Trinajstić information content (AvgIpc) is 2.50. The van der Waals surface area contributed by atoms with Gasteiger partial charge in [-0.05, 0) is 19.1 Å². The molecule has 1 aromatic rings. The fourth-order valence-corrected chi connectivity index (χ4v) is 2.67. The second-order valence-electron chi connectivity index (χ2n) is 4.65. The molecule has 0 aromatic heterocycles. The number of ketones is 1. The van der Waals surface area contributed by atoms with Crippen molar-refractivity contribution in [2.75, 3.05) is 13.2 Å². The van der Waals surface area contributed by atoms with Gasteiger partial charge in [-0.25, -0.2) is 0 Å². The molecule has 0 bridgehead atoms. The number of rotatable bonds is 8. The summed E-state index contributed by atoms with van der Waals surface area (Å²) in [6.45, 7) is -0.260. The molecule has 0 radical (unpaired) electrons. The summed E-state index contributed by atoms with van der Waals surface area (Å²) in [6, 6.07) is 5.52. The Morgan fingerprint density at radius 3 is 2.18 bits per heavy atom. The summed E-state index contributed by atoms with van der Waals surface area (Å²) in [5.41, 5.74) is 0.803. The number of carbonyl (C=O) groups excluding carboxylic acids is 1. The van der Waals surface area contributed by atoms with E-state index in [1.165, 1.54) is 24.3 Å². The van der Waals surface area contributed by atoms with Crippen LogP contribution in [0.3, 0.4) is 0 Å². The van der Waals surface area contributed by atoms with Crippen molar-refractivity contribution in [1.82, 2.24) is 0 Å².